The molecule has 1 amide bonds. The molecule has 0 atom stereocenters. The number of imidazole rings is 1. The first kappa shape index (κ1) is 15.1. The normalized spacial score (nSPS) is 10.9. The monoisotopic (exact) mass is 333 g/mol. The lowest BCUT2D eigenvalue weighted by Crippen LogP contribution is -2.25. The first-order chi connectivity index (χ1) is 12.2. The summed E-state index contributed by atoms with van der Waals surface area (Å²) in [5.74, 6) is 0.602. The Morgan fingerprint density at radius 2 is 1.92 bits per heavy atom. The number of hydrogen-bond acceptors (Lipinski definition) is 5. The van der Waals surface area contributed by atoms with Crippen molar-refractivity contribution in [3.63, 3.8) is 0 Å². The molecule has 0 spiro atoms. The molecule has 0 bridgehead atoms. The van der Waals surface area contributed by atoms with Crippen LogP contribution in [0.2, 0.25) is 0 Å². The highest BCUT2D eigenvalue weighted by atomic mass is 16.5. The van der Waals surface area contributed by atoms with Crippen LogP contribution in [-0.2, 0) is 6.54 Å². The van der Waals surface area contributed by atoms with Crippen LogP contribution in [0.5, 0.6) is 0 Å². The fraction of sp³-hybridized carbons (Fsp3) is 0.111. The fourth-order valence-corrected chi connectivity index (χ4v) is 2.66. The fourth-order valence-electron chi connectivity index (χ4n) is 2.66. The van der Waals surface area contributed by atoms with Gasteiger partial charge in [0.1, 0.15) is 11.3 Å². The van der Waals surface area contributed by atoms with Gasteiger partial charge in [0.15, 0.2) is 0 Å². The van der Waals surface area contributed by atoms with E-state index in [2.05, 4.69) is 20.4 Å². The number of nitrogens with zero attached hydrogens (tertiary/aromatic N) is 4. The zero-order chi connectivity index (χ0) is 17.2. The lowest BCUT2D eigenvalue weighted by atomic mass is 10.2. The molecule has 0 saturated carbocycles. The van der Waals surface area contributed by atoms with E-state index in [9.17, 15) is 4.79 Å². The zero-order valence-corrected chi connectivity index (χ0v) is 13.5. The quantitative estimate of drug-likeness (QED) is 0.620. The number of rotatable bonds is 4. The van der Waals surface area contributed by atoms with Crippen molar-refractivity contribution < 1.29 is 9.32 Å². The number of benzene rings is 1. The van der Waals surface area contributed by atoms with Gasteiger partial charge in [0.05, 0.1) is 12.2 Å². The van der Waals surface area contributed by atoms with E-state index < -0.39 is 0 Å². The number of fused-ring (bicyclic) bond motifs is 1. The lowest BCUT2D eigenvalue weighted by molar-refractivity contribution is 0.0939. The van der Waals surface area contributed by atoms with Gasteiger partial charge in [0.25, 0.3) is 5.91 Å². The van der Waals surface area contributed by atoms with Gasteiger partial charge in [-0.2, -0.15) is 4.98 Å². The Bertz CT molecular complexity index is 1040. The number of nitrogens with one attached hydrogen (secondary N) is 1. The van der Waals surface area contributed by atoms with Crippen molar-refractivity contribution in [2.24, 2.45) is 0 Å². The second-order valence-corrected chi connectivity index (χ2v) is 5.54. The minimum atomic E-state index is -0.240. The Balaban J connectivity index is 1.51. The maximum Gasteiger partial charge on any atom is 0.270 e. The summed E-state index contributed by atoms with van der Waals surface area (Å²) in [7, 11) is 0. The summed E-state index contributed by atoms with van der Waals surface area (Å²) in [6.07, 6.45) is 1.81. The van der Waals surface area contributed by atoms with Gasteiger partial charge < -0.3 is 9.84 Å². The second-order valence-electron chi connectivity index (χ2n) is 5.54. The summed E-state index contributed by atoms with van der Waals surface area (Å²) in [6.45, 7) is 1.96. The summed E-state index contributed by atoms with van der Waals surface area (Å²) >= 11 is 0. The van der Waals surface area contributed by atoms with E-state index in [0.717, 1.165) is 11.2 Å². The van der Waals surface area contributed by atoms with E-state index in [0.29, 0.717) is 23.1 Å². The summed E-state index contributed by atoms with van der Waals surface area (Å²) in [5, 5.41) is 6.74. The zero-order valence-electron chi connectivity index (χ0n) is 13.5. The number of aryl methyl sites for hydroxylation is 1. The van der Waals surface area contributed by atoms with E-state index in [-0.39, 0.29) is 12.5 Å². The number of amides is 1. The van der Waals surface area contributed by atoms with Crippen LogP contribution in [0.3, 0.4) is 0 Å². The van der Waals surface area contributed by atoms with Crippen LogP contribution in [0.1, 0.15) is 22.1 Å². The van der Waals surface area contributed by atoms with Crippen LogP contribution in [0.4, 0.5) is 0 Å². The van der Waals surface area contributed by atoms with Crippen molar-refractivity contribution in [3.05, 3.63) is 72.0 Å². The molecule has 1 aromatic carbocycles. The third-order valence-electron chi connectivity index (χ3n) is 3.82. The van der Waals surface area contributed by atoms with Crippen molar-refractivity contribution in [2.45, 2.75) is 13.5 Å². The molecule has 0 aliphatic heterocycles. The van der Waals surface area contributed by atoms with Gasteiger partial charge in [-0.3, -0.25) is 9.20 Å². The van der Waals surface area contributed by atoms with Crippen LogP contribution in [-0.4, -0.2) is 25.4 Å². The molecule has 0 aliphatic rings. The second kappa shape index (κ2) is 6.20. The van der Waals surface area contributed by atoms with Gasteiger partial charge >= 0.3 is 0 Å². The van der Waals surface area contributed by atoms with Crippen molar-refractivity contribution in [3.8, 4) is 11.4 Å². The molecule has 0 fully saturated rings. The molecule has 0 saturated heterocycles. The minimum Gasteiger partial charge on any atom is -0.342 e. The van der Waals surface area contributed by atoms with Crippen LogP contribution in [0.25, 0.3) is 17.0 Å². The van der Waals surface area contributed by atoms with E-state index in [1.807, 2.05) is 61.7 Å². The molecule has 0 aliphatic carbocycles. The van der Waals surface area contributed by atoms with Gasteiger partial charge in [-0.05, 0) is 19.1 Å². The van der Waals surface area contributed by atoms with E-state index >= 15 is 0 Å². The van der Waals surface area contributed by atoms with E-state index in [4.69, 9.17) is 4.52 Å². The minimum absolute atomic E-state index is 0.151. The molecule has 7 nitrogen and oxygen atoms in total. The number of pyridine rings is 1. The van der Waals surface area contributed by atoms with E-state index in [1.165, 1.54) is 0 Å². The summed E-state index contributed by atoms with van der Waals surface area (Å²) in [6, 6.07) is 15.1. The lowest BCUT2D eigenvalue weighted by Gasteiger charge is -2.03. The van der Waals surface area contributed by atoms with Gasteiger partial charge in [-0.1, -0.05) is 41.6 Å². The third-order valence-corrected chi connectivity index (χ3v) is 3.82. The van der Waals surface area contributed by atoms with Crippen molar-refractivity contribution in [1.82, 2.24) is 24.8 Å². The largest absolute Gasteiger partial charge is 0.342 e. The standard InChI is InChI=1S/C18H15N5O2/c1-12-16(23-10-6-5-9-14(23)20-12)18(24)19-11-15-21-17(22-25-15)13-7-3-2-4-8-13/h2-10H,11H2,1H3,(H,19,24). The highest BCUT2D eigenvalue weighted by molar-refractivity contribution is 5.94. The first-order valence-corrected chi connectivity index (χ1v) is 7.82. The van der Waals surface area contributed by atoms with Crippen molar-refractivity contribution in [2.75, 3.05) is 0 Å². The van der Waals surface area contributed by atoms with Gasteiger partial charge in [0.2, 0.25) is 11.7 Å². The average Bonchev–Trinajstić information content (AvgIpc) is 3.24. The van der Waals surface area contributed by atoms with Crippen molar-refractivity contribution >= 4 is 11.6 Å². The SMILES string of the molecule is Cc1nc2ccccn2c1C(=O)NCc1nc(-c2ccccc2)no1. The van der Waals surface area contributed by atoms with E-state index in [1.54, 1.807) is 4.40 Å². The summed E-state index contributed by atoms with van der Waals surface area (Å²) < 4.78 is 6.96. The molecule has 7 heteroatoms. The van der Waals surface area contributed by atoms with Gasteiger partial charge in [-0.15, -0.1) is 0 Å². The highest BCUT2D eigenvalue weighted by Gasteiger charge is 2.17. The maximum absolute atomic E-state index is 12.5. The smallest absolute Gasteiger partial charge is 0.270 e. The van der Waals surface area contributed by atoms with Crippen LogP contribution >= 0.6 is 0 Å². The van der Waals surface area contributed by atoms with Gasteiger partial charge in [-0.25, -0.2) is 4.98 Å². The van der Waals surface area contributed by atoms with Crippen LogP contribution in [0.15, 0.2) is 59.3 Å². The maximum atomic E-state index is 12.5. The van der Waals surface area contributed by atoms with Crippen LogP contribution in [0, 0.1) is 6.92 Å². The predicted octanol–water partition coefficient (Wildman–Crippen LogP) is 2.62. The Labute approximate surface area is 143 Å². The molecule has 1 N–H and O–H groups in total. The molecular formula is C18H15N5O2. The molecule has 0 unspecified atom stereocenters. The Morgan fingerprint density at radius 3 is 2.76 bits per heavy atom. The number of carbonyl (C=O) groups excluding carboxylic acids is 1. The molecule has 4 aromatic rings. The summed E-state index contributed by atoms with van der Waals surface area (Å²) in [5.41, 5.74) is 2.76. The number of aromatic nitrogens is 4. The Morgan fingerprint density at radius 1 is 1.12 bits per heavy atom. The predicted molar refractivity (Wildman–Crippen MR) is 90.8 cm³/mol. The van der Waals surface area contributed by atoms with Crippen molar-refractivity contribution in [1.29, 1.82) is 0 Å². The molecule has 4 rings (SSSR count). The third kappa shape index (κ3) is 2.87. The Hall–Kier alpha value is -3.48. The molecule has 0 radical (unpaired) electrons. The molecule has 3 heterocycles. The molecular weight excluding hydrogens is 318 g/mol. The number of carbonyl (C=O) groups is 1. The molecule has 124 valence electrons. The average molecular weight is 333 g/mol. The molecule has 25 heavy (non-hydrogen) atoms. The molecule has 3 aromatic heterocycles. The highest BCUT2D eigenvalue weighted by Crippen LogP contribution is 2.15. The first-order valence-electron chi connectivity index (χ1n) is 7.82. The van der Waals surface area contributed by atoms with Gasteiger partial charge in [0, 0.05) is 11.8 Å². The van der Waals surface area contributed by atoms with Crippen LogP contribution < -0.4 is 5.32 Å². The number of hydrogen-bond donors (Lipinski definition) is 1. The summed E-state index contributed by atoms with van der Waals surface area (Å²) in [4.78, 5) is 21.2. The Kier molecular flexibility index (Phi) is 3.74. The topological polar surface area (TPSA) is 85.3 Å².